The first-order chi connectivity index (χ1) is 7.86. The van der Waals surface area contributed by atoms with Crippen LogP contribution < -0.4 is 16.2 Å². The Labute approximate surface area is 102 Å². The molecule has 0 saturated heterocycles. The standard InChI is InChI=1S/C11H19N3O2S/c1-8(7-12)9(2)14-10-5-3-4-6-11(10)17(13,15)16/h3-6,8-9,14H,7,12H2,1-2H3,(H2,13,15,16). The Bertz CT molecular complexity index is 473. The maximum atomic E-state index is 11.4. The van der Waals surface area contributed by atoms with Crippen molar-refractivity contribution in [2.45, 2.75) is 24.8 Å². The predicted octanol–water partition coefficient (Wildman–Crippen LogP) is 0.729. The number of nitrogens with one attached hydrogen (secondary N) is 1. The molecule has 6 heteroatoms. The van der Waals surface area contributed by atoms with E-state index in [0.717, 1.165) is 0 Å². The van der Waals surface area contributed by atoms with Crippen molar-refractivity contribution >= 4 is 15.7 Å². The topological polar surface area (TPSA) is 98.2 Å². The SMILES string of the molecule is CC(CN)C(C)Nc1ccccc1S(N)(=O)=O. The van der Waals surface area contributed by atoms with Crippen LogP contribution in [0.15, 0.2) is 29.2 Å². The van der Waals surface area contributed by atoms with Crippen LogP contribution in [0.1, 0.15) is 13.8 Å². The summed E-state index contributed by atoms with van der Waals surface area (Å²) in [6, 6.07) is 6.65. The van der Waals surface area contributed by atoms with Crippen molar-refractivity contribution in [2.24, 2.45) is 16.8 Å². The number of hydrogen-bond acceptors (Lipinski definition) is 4. The predicted molar refractivity (Wildman–Crippen MR) is 69.1 cm³/mol. The lowest BCUT2D eigenvalue weighted by molar-refractivity contribution is 0.520. The molecule has 0 spiro atoms. The van der Waals surface area contributed by atoms with Crippen molar-refractivity contribution < 1.29 is 8.42 Å². The van der Waals surface area contributed by atoms with Gasteiger partial charge in [-0.05, 0) is 31.5 Å². The quantitative estimate of drug-likeness (QED) is 0.724. The summed E-state index contributed by atoms with van der Waals surface area (Å²) in [5, 5.41) is 8.28. The monoisotopic (exact) mass is 257 g/mol. The summed E-state index contributed by atoms with van der Waals surface area (Å²) in [7, 11) is -3.71. The van der Waals surface area contributed by atoms with Crippen LogP contribution in [0.2, 0.25) is 0 Å². The van der Waals surface area contributed by atoms with Crippen LogP contribution in [0.5, 0.6) is 0 Å². The van der Waals surface area contributed by atoms with Gasteiger partial charge in [0, 0.05) is 6.04 Å². The fourth-order valence-corrected chi connectivity index (χ4v) is 2.13. The number of sulfonamides is 1. The van der Waals surface area contributed by atoms with E-state index in [2.05, 4.69) is 5.32 Å². The van der Waals surface area contributed by atoms with E-state index >= 15 is 0 Å². The summed E-state index contributed by atoms with van der Waals surface area (Å²) >= 11 is 0. The lowest BCUT2D eigenvalue weighted by Crippen LogP contribution is -2.30. The van der Waals surface area contributed by atoms with Crippen LogP contribution in [-0.2, 0) is 10.0 Å². The summed E-state index contributed by atoms with van der Waals surface area (Å²) < 4.78 is 22.8. The summed E-state index contributed by atoms with van der Waals surface area (Å²) in [6.07, 6.45) is 0. The van der Waals surface area contributed by atoms with E-state index in [1.165, 1.54) is 6.07 Å². The molecule has 0 amide bonds. The smallest absolute Gasteiger partial charge is 0.240 e. The molecule has 96 valence electrons. The molecule has 0 heterocycles. The van der Waals surface area contributed by atoms with E-state index in [9.17, 15) is 8.42 Å². The largest absolute Gasteiger partial charge is 0.381 e. The van der Waals surface area contributed by atoms with E-state index in [1.807, 2.05) is 13.8 Å². The van der Waals surface area contributed by atoms with Gasteiger partial charge < -0.3 is 11.1 Å². The molecule has 0 radical (unpaired) electrons. The molecule has 17 heavy (non-hydrogen) atoms. The van der Waals surface area contributed by atoms with Crippen molar-refractivity contribution in [2.75, 3.05) is 11.9 Å². The number of nitrogens with two attached hydrogens (primary N) is 2. The zero-order valence-electron chi connectivity index (χ0n) is 10.1. The Morgan fingerprint density at radius 3 is 2.41 bits per heavy atom. The Morgan fingerprint density at radius 1 is 1.29 bits per heavy atom. The number of anilines is 1. The Hall–Kier alpha value is -1.11. The van der Waals surface area contributed by atoms with Gasteiger partial charge in [0.15, 0.2) is 0 Å². The molecule has 0 bridgehead atoms. The Balaban J connectivity index is 3.00. The van der Waals surface area contributed by atoms with Gasteiger partial charge in [-0.25, -0.2) is 13.6 Å². The molecule has 2 atom stereocenters. The average molecular weight is 257 g/mol. The molecule has 1 rings (SSSR count). The lowest BCUT2D eigenvalue weighted by atomic mass is 10.0. The van der Waals surface area contributed by atoms with E-state index in [-0.39, 0.29) is 16.9 Å². The second-order valence-electron chi connectivity index (χ2n) is 4.19. The first-order valence-electron chi connectivity index (χ1n) is 5.44. The van der Waals surface area contributed by atoms with Gasteiger partial charge in [-0.3, -0.25) is 0 Å². The third-order valence-electron chi connectivity index (χ3n) is 2.80. The van der Waals surface area contributed by atoms with Crippen molar-refractivity contribution in [3.8, 4) is 0 Å². The third-order valence-corrected chi connectivity index (χ3v) is 3.77. The zero-order chi connectivity index (χ0) is 13.1. The fraction of sp³-hybridized carbons (Fsp3) is 0.455. The van der Waals surface area contributed by atoms with Crippen molar-refractivity contribution in [3.05, 3.63) is 24.3 Å². The van der Waals surface area contributed by atoms with E-state index < -0.39 is 10.0 Å². The van der Waals surface area contributed by atoms with Gasteiger partial charge in [0.25, 0.3) is 0 Å². The Morgan fingerprint density at radius 2 is 1.88 bits per heavy atom. The van der Waals surface area contributed by atoms with Gasteiger partial charge in [0.05, 0.1) is 5.69 Å². The van der Waals surface area contributed by atoms with Crippen LogP contribution in [0.3, 0.4) is 0 Å². The van der Waals surface area contributed by atoms with Crippen molar-refractivity contribution in [1.82, 2.24) is 0 Å². The summed E-state index contributed by atoms with van der Waals surface area (Å²) in [4.78, 5) is 0.107. The number of primary sulfonamides is 1. The Kier molecular flexibility index (Phi) is 4.50. The first kappa shape index (κ1) is 14.0. The van der Waals surface area contributed by atoms with Crippen LogP contribution in [0, 0.1) is 5.92 Å². The molecule has 1 aromatic rings. The van der Waals surface area contributed by atoms with Crippen molar-refractivity contribution in [3.63, 3.8) is 0 Å². The molecular formula is C11H19N3O2S. The highest BCUT2D eigenvalue weighted by molar-refractivity contribution is 7.89. The van der Waals surface area contributed by atoms with Crippen LogP contribution in [-0.4, -0.2) is 21.0 Å². The van der Waals surface area contributed by atoms with E-state index in [4.69, 9.17) is 10.9 Å². The minimum atomic E-state index is -3.71. The molecule has 0 aliphatic heterocycles. The van der Waals surface area contributed by atoms with Gasteiger partial charge in [0.1, 0.15) is 4.90 Å². The van der Waals surface area contributed by atoms with Crippen molar-refractivity contribution in [1.29, 1.82) is 0 Å². The maximum absolute atomic E-state index is 11.4. The third kappa shape index (κ3) is 3.69. The minimum Gasteiger partial charge on any atom is -0.381 e. The molecule has 5 N–H and O–H groups in total. The molecule has 1 aromatic carbocycles. The van der Waals surface area contributed by atoms with Gasteiger partial charge in [-0.1, -0.05) is 19.1 Å². The molecule has 0 saturated carbocycles. The van der Waals surface area contributed by atoms with Crippen LogP contribution in [0.25, 0.3) is 0 Å². The number of rotatable bonds is 5. The number of benzene rings is 1. The van der Waals surface area contributed by atoms with Crippen LogP contribution >= 0.6 is 0 Å². The average Bonchev–Trinajstić information content (AvgIpc) is 2.27. The molecular weight excluding hydrogens is 238 g/mol. The van der Waals surface area contributed by atoms with Gasteiger partial charge >= 0.3 is 0 Å². The number of para-hydroxylation sites is 1. The summed E-state index contributed by atoms with van der Waals surface area (Å²) in [6.45, 7) is 4.49. The molecule has 0 fully saturated rings. The highest BCUT2D eigenvalue weighted by atomic mass is 32.2. The molecule has 0 aliphatic rings. The first-order valence-corrected chi connectivity index (χ1v) is 6.99. The molecule has 0 aliphatic carbocycles. The second kappa shape index (κ2) is 5.48. The normalized spacial score (nSPS) is 15.3. The maximum Gasteiger partial charge on any atom is 0.240 e. The zero-order valence-corrected chi connectivity index (χ0v) is 10.9. The minimum absolute atomic E-state index is 0.0721. The van der Waals surface area contributed by atoms with Gasteiger partial charge in [-0.15, -0.1) is 0 Å². The van der Waals surface area contributed by atoms with Gasteiger partial charge in [0.2, 0.25) is 10.0 Å². The molecule has 2 unspecified atom stereocenters. The summed E-state index contributed by atoms with van der Waals surface area (Å²) in [5.41, 5.74) is 6.08. The summed E-state index contributed by atoms with van der Waals surface area (Å²) in [5.74, 6) is 0.239. The highest BCUT2D eigenvalue weighted by Crippen LogP contribution is 2.21. The molecule has 0 aromatic heterocycles. The second-order valence-corrected chi connectivity index (χ2v) is 5.72. The highest BCUT2D eigenvalue weighted by Gasteiger charge is 2.16. The lowest BCUT2D eigenvalue weighted by Gasteiger charge is -2.22. The van der Waals surface area contributed by atoms with Crippen LogP contribution in [0.4, 0.5) is 5.69 Å². The fourth-order valence-electron chi connectivity index (χ4n) is 1.43. The molecule has 5 nitrogen and oxygen atoms in total. The van der Waals surface area contributed by atoms with Gasteiger partial charge in [-0.2, -0.15) is 0 Å². The van der Waals surface area contributed by atoms with E-state index in [0.29, 0.717) is 12.2 Å². The van der Waals surface area contributed by atoms with E-state index in [1.54, 1.807) is 18.2 Å². The number of hydrogen-bond donors (Lipinski definition) is 3.